The summed E-state index contributed by atoms with van der Waals surface area (Å²) in [6.45, 7) is 3.98. The molecule has 0 atom stereocenters. The van der Waals surface area contributed by atoms with Crippen LogP contribution in [-0.4, -0.2) is 26.2 Å². The molecule has 0 unspecified atom stereocenters. The largest absolute Gasteiger partial charge is 0.493 e. The Morgan fingerprint density at radius 3 is 2.37 bits per heavy atom. The topological polar surface area (TPSA) is 131 Å². The van der Waals surface area contributed by atoms with Crippen molar-refractivity contribution in [1.29, 1.82) is 15.8 Å². The number of nitrogens with one attached hydrogen (secondary N) is 2. The number of ether oxygens (including phenoxy) is 2. The van der Waals surface area contributed by atoms with Gasteiger partial charge in [0.05, 0.1) is 13.7 Å². The average molecular weight is 367 g/mol. The lowest BCUT2D eigenvalue weighted by atomic mass is 10.1. The van der Waals surface area contributed by atoms with Crippen molar-refractivity contribution < 1.29 is 14.3 Å². The van der Waals surface area contributed by atoms with E-state index in [1.165, 1.54) is 14.0 Å². The van der Waals surface area contributed by atoms with Crippen LogP contribution >= 0.6 is 0 Å². The number of aryl methyl sites for hydroxylation is 1. The third-order valence-electron chi connectivity index (χ3n) is 3.49. The zero-order valence-electron chi connectivity index (χ0n) is 15.5. The monoisotopic (exact) mass is 367 g/mol. The van der Waals surface area contributed by atoms with Crippen LogP contribution in [0, 0.1) is 34.0 Å². The van der Waals surface area contributed by atoms with Crippen LogP contribution in [0.15, 0.2) is 23.4 Å². The van der Waals surface area contributed by atoms with Crippen LogP contribution in [0.25, 0.3) is 0 Å². The summed E-state index contributed by atoms with van der Waals surface area (Å²) >= 11 is 0. The van der Waals surface area contributed by atoms with Crippen molar-refractivity contribution in [3.8, 4) is 29.7 Å². The van der Waals surface area contributed by atoms with Crippen molar-refractivity contribution in [1.82, 2.24) is 5.32 Å². The number of nitriles is 3. The Morgan fingerprint density at radius 2 is 1.85 bits per heavy atom. The van der Waals surface area contributed by atoms with E-state index in [1.807, 2.05) is 13.0 Å². The summed E-state index contributed by atoms with van der Waals surface area (Å²) in [6.07, 6.45) is 1.54. The van der Waals surface area contributed by atoms with E-state index < -0.39 is 0 Å². The number of nitrogens with zero attached hydrogens (tertiary/aromatic N) is 3. The van der Waals surface area contributed by atoms with Gasteiger partial charge in [-0.1, -0.05) is 13.3 Å². The molecule has 8 nitrogen and oxygen atoms in total. The minimum absolute atomic E-state index is 0.133. The van der Waals surface area contributed by atoms with Gasteiger partial charge in [-0.05, 0) is 18.1 Å². The number of allylic oxidation sites excluding steroid dienone is 2. The number of benzene rings is 1. The number of rotatable bonds is 9. The summed E-state index contributed by atoms with van der Waals surface area (Å²) < 4.78 is 11.0. The Hall–Kier alpha value is -3.70. The summed E-state index contributed by atoms with van der Waals surface area (Å²) in [5.74, 6) is 0.767. The van der Waals surface area contributed by atoms with Gasteiger partial charge in [-0.2, -0.15) is 15.8 Å². The summed E-state index contributed by atoms with van der Waals surface area (Å²) in [5.41, 5.74) is 0.967. The number of amides is 1. The predicted molar refractivity (Wildman–Crippen MR) is 98.7 cm³/mol. The van der Waals surface area contributed by atoms with E-state index in [9.17, 15) is 10.1 Å². The van der Waals surface area contributed by atoms with Crippen molar-refractivity contribution in [3.63, 3.8) is 0 Å². The van der Waals surface area contributed by atoms with Gasteiger partial charge in [0.2, 0.25) is 5.91 Å². The standard InChI is InChI=1S/C19H21N5O3/c1-4-5-14-8-18(26-3)19(27-7-6-23-13(2)25)9-16(14)24-17(12-22)15(10-20)11-21/h8-9,24H,4-7H2,1-3H3,(H,23,25). The Labute approximate surface area is 158 Å². The quantitative estimate of drug-likeness (QED) is 0.506. The van der Waals surface area contributed by atoms with Gasteiger partial charge in [0.25, 0.3) is 0 Å². The summed E-state index contributed by atoms with van der Waals surface area (Å²) in [5, 5.41) is 32.8. The first-order valence-electron chi connectivity index (χ1n) is 8.30. The highest BCUT2D eigenvalue weighted by molar-refractivity contribution is 5.72. The van der Waals surface area contributed by atoms with Crippen LogP contribution in [0.1, 0.15) is 25.8 Å². The molecule has 1 rings (SSSR count). The van der Waals surface area contributed by atoms with Gasteiger partial charge >= 0.3 is 0 Å². The lowest BCUT2D eigenvalue weighted by molar-refractivity contribution is -0.119. The molecule has 0 aliphatic carbocycles. The first kappa shape index (κ1) is 21.3. The van der Waals surface area contributed by atoms with Crippen LogP contribution < -0.4 is 20.1 Å². The first-order chi connectivity index (χ1) is 13.0. The summed E-state index contributed by atoms with van der Waals surface area (Å²) in [4.78, 5) is 10.9. The van der Waals surface area contributed by atoms with Gasteiger partial charge in [0, 0.05) is 18.7 Å². The molecule has 0 fully saturated rings. The van der Waals surface area contributed by atoms with E-state index >= 15 is 0 Å². The molecule has 140 valence electrons. The fourth-order valence-electron chi connectivity index (χ4n) is 2.27. The van der Waals surface area contributed by atoms with Gasteiger partial charge in [0.1, 0.15) is 30.5 Å². The van der Waals surface area contributed by atoms with Crippen LogP contribution in [0.3, 0.4) is 0 Å². The van der Waals surface area contributed by atoms with Crippen molar-refractivity contribution in [2.24, 2.45) is 0 Å². The van der Waals surface area contributed by atoms with E-state index in [4.69, 9.17) is 20.0 Å². The predicted octanol–water partition coefficient (Wildman–Crippen LogP) is 2.40. The molecule has 1 aromatic rings. The molecule has 8 heteroatoms. The molecule has 0 saturated carbocycles. The van der Waals surface area contributed by atoms with Gasteiger partial charge < -0.3 is 20.1 Å². The molecule has 0 spiro atoms. The van der Waals surface area contributed by atoms with Crippen molar-refractivity contribution >= 4 is 11.6 Å². The maximum absolute atomic E-state index is 10.9. The normalized spacial score (nSPS) is 9.19. The number of hydrogen-bond donors (Lipinski definition) is 2. The van der Waals surface area contributed by atoms with Crippen LogP contribution in [0.4, 0.5) is 5.69 Å². The Kier molecular flexibility index (Phi) is 8.71. The second kappa shape index (κ2) is 11.0. The lowest BCUT2D eigenvalue weighted by Gasteiger charge is -2.17. The van der Waals surface area contributed by atoms with Crippen molar-refractivity contribution in [2.75, 3.05) is 25.6 Å². The molecule has 1 aromatic carbocycles. The van der Waals surface area contributed by atoms with E-state index in [0.717, 1.165) is 12.0 Å². The minimum Gasteiger partial charge on any atom is -0.493 e. The fraction of sp³-hybridized carbons (Fsp3) is 0.368. The average Bonchev–Trinajstić information content (AvgIpc) is 2.66. The number of hydrogen-bond acceptors (Lipinski definition) is 7. The number of methoxy groups -OCH3 is 1. The molecular formula is C19H21N5O3. The molecule has 0 saturated heterocycles. The third kappa shape index (κ3) is 6.26. The second-order valence-corrected chi connectivity index (χ2v) is 5.45. The van der Waals surface area contributed by atoms with E-state index in [1.54, 1.807) is 24.3 Å². The fourth-order valence-corrected chi connectivity index (χ4v) is 2.27. The zero-order valence-corrected chi connectivity index (χ0v) is 15.5. The second-order valence-electron chi connectivity index (χ2n) is 5.45. The number of carbonyl (C=O) groups is 1. The zero-order chi connectivity index (χ0) is 20.2. The molecular weight excluding hydrogens is 346 g/mol. The van der Waals surface area contributed by atoms with Crippen molar-refractivity contribution in [2.45, 2.75) is 26.7 Å². The molecule has 0 radical (unpaired) electrons. The van der Waals surface area contributed by atoms with Gasteiger partial charge in [-0.3, -0.25) is 4.79 Å². The molecule has 27 heavy (non-hydrogen) atoms. The maximum atomic E-state index is 10.9. The van der Waals surface area contributed by atoms with Crippen LogP contribution in [-0.2, 0) is 11.2 Å². The SMILES string of the molecule is CCCc1cc(OC)c(OCCNC(C)=O)cc1NC(C#N)=C(C#N)C#N. The Morgan fingerprint density at radius 1 is 1.15 bits per heavy atom. The smallest absolute Gasteiger partial charge is 0.216 e. The first-order valence-corrected chi connectivity index (χ1v) is 8.30. The molecule has 0 bridgehead atoms. The van der Waals surface area contributed by atoms with E-state index in [-0.39, 0.29) is 23.8 Å². The summed E-state index contributed by atoms with van der Waals surface area (Å²) in [7, 11) is 1.52. The maximum Gasteiger partial charge on any atom is 0.216 e. The molecule has 2 N–H and O–H groups in total. The molecule has 0 aromatic heterocycles. The number of anilines is 1. The van der Waals surface area contributed by atoms with Gasteiger partial charge in [-0.15, -0.1) is 0 Å². The van der Waals surface area contributed by atoms with Crippen LogP contribution in [0.2, 0.25) is 0 Å². The Bertz CT molecular complexity index is 825. The molecule has 0 heterocycles. The highest BCUT2D eigenvalue weighted by atomic mass is 16.5. The van der Waals surface area contributed by atoms with E-state index in [0.29, 0.717) is 30.2 Å². The highest BCUT2D eigenvalue weighted by Crippen LogP contribution is 2.35. The number of carbonyl (C=O) groups excluding carboxylic acids is 1. The van der Waals surface area contributed by atoms with E-state index in [2.05, 4.69) is 10.6 Å². The molecule has 0 aliphatic rings. The lowest BCUT2D eigenvalue weighted by Crippen LogP contribution is -2.25. The van der Waals surface area contributed by atoms with Crippen molar-refractivity contribution in [3.05, 3.63) is 29.0 Å². The highest BCUT2D eigenvalue weighted by Gasteiger charge is 2.14. The van der Waals surface area contributed by atoms with Gasteiger partial charge in [-0.25, -0.2) is 0 Å². The third-order valence-corrected chi connectivity index (χ3v) is 3.49. The van der Waals surface area contributed by atoms with Crippen LogP contribution in [0.5, 0.6) is 11.5 Å². The minimum atomic E-state index is -0.302. The molecule has 0 aliphatic heterocycles. The van der Waals surface area contributed by atoms with Gasteiger partial charge in [0.15, 0.2) is 17.1 Å². The molecule has 1 amide bonds. The summed E-state index contributed by atoms with van der Waals surface area (Å²) in [6, 6.07) is 8.68. The Balaban J connectivity index is 3.24.